The van der Waals surface area contributed by atoms with E-state index in [1.807, 2.05) is 0 Å². The third kappa shape index (κ3) is 9.54. The number of sulfone groups is 1. The molecule has 3 rings (SSSR count). The normalized spacial score (nSPS) is 14.6. The number of halogens is 3. The minimum absolute atomic E-state index is 0.0384. The molecule has 1 aliphatic heterocycles. The van der Waals surface area contributed by atoms with Crippen LogP contribution in [0.5, 0.6) is 5.75 Å². The van der Waals surface area contributed by atoms with Crippen LogP contribution in [0.4, 0.5) is 13.2 Å². The first kappa shape index (κ1) is 31.5. The van der Waals surface area contributed by atoms with Gasteiger partial charge >= 0.3 is 12.1 Å². The fourth-order valence-corrected chi connectivity index (χ4v) is 5.57. The number of aliphatic carboxylic acids is 1. The van der Waals surface area contributed by atoms with Crippen molar-refractivity contribution in [3.63, 3.8) is 0 Å². The molecule has 0 radical (unpaired) electrons. The summed E-state index contributed by atoms with van der Waals surface area (Å²) in [6.07, 6.45) is -1.31. The van der Waals surface area contributed by atoms with Crippen LogP contribution < -0.4 is 10.1 Å². The van der Waals surface area contributed by atoms with Gasteiger partial charge in [0.2, 0.25) is 0 Å². The summed E-state index contributed by atoms with van der Waals surface area (Å²) in [6, 6.07) is 9.47. The molecule has 0 bridgehead atoms. The van der Waals surface area contributed by atoms with Crippen molar-refractivity contribution >= 4 is 21.7 Å². The van der Waals surface area contributed by atoms with Crippen molar-refractivity contribution in [2.45, 2.75) is 37.4 Å². The summed E-state index contributed by atoms with van der Waals surface area (Å²) in [6.45, 7) is 2.88. The summed E-state index contributed by atoms with van der Waals surface area (Å²) >= 11 is 0. The molecule has 1 saturated heterocycles. The Balaban J connectivity index is 0.000000673. The number of amides is 1. The number of hydrogen-bond acceptors (Lipinski definition) is 8. The molecule has 1 amide bonds. The average Bonchev–Trinajstić information content (AvgIpc) is 2.89. The van der Waals surface area contributed by atoms with E-state index in [9.17, 15) is 31.6 Å². The number of alkyl halides is 3. The van der Waals surface area contributed by atoms with Gasteiger partial charge in [0.05, 0.1) is 22.6 Å². The van der Waals surface area contributed by atoms with E-state index in [0.29, 0.717) is 42.3 Å². The van der Waals surface area contributed by atoms with E-state index in [1.165, 1.54) is 12.1 Å². The summed E-state index contributed by atoms with van der Waals surface area (Å²) in [5, 5.41) is 21.4. The number of aromatic nitrogens is 1. The van der Waals surface area contributed by atoms with Gasteiger partial charge in [0.25, 0.3) is 5.91 Å². The lowest BCUT2D eigenvalue weighted by molar-refractivity contribution is -0.192. The number of benzene rings is 1. The Morgan fingerprint density at radius 1 is 1.13 bits per heavy atom. The van der Waals surface area contributed by atoms with Crippen molar-refractivity contribution in [2.24, 2.45) is 5.41 Å². The number of carbonyl (C=O) groups excluding carboxylic acids is 1. The number of nitrogens with one attached hydrogen (secondary N) is 1. The number of hydrogen-bond donors (Lipinski definition) is 3. The molecule has 2 aromatic rings. The molecular weight excluding hydrogens is 543 g/mol. The number of nitrogens with zero attached hydrogens (tertiary/aromatic N) is 2. The third-order valence-corrected chi connectivity index (χ3v) is 7.63. The number of piperidine rings is 1. The first-order valence-corrected chi connectivity index (χ1v) is 13.2. The number of rotatable bonds is 8. The van der Waals surface area contributed by atoms with Crippen molar-refractivity contribution in [1.29, 1.82) is 0 Å². The van der Waals surface area contributed by atoms with Gasteiger partial charge in [0, 0.05) is 12.4 Å². The molecule has 1 aliphatic rings. The predicted octanol–water partition coefficient (Wildman–Crippen LogP) is 2.68. The SMILES string of the molecule is CC#CCOc1ccc(S(=O)(=O)CC2(C(=O)N(O)Cc3ccncc3)CCNCC2)cc1.O=C(O)C(F)(F)F. The number of pyridine rings is 1. The van der Waals surface area contributed by atoms with Crippen molar-refractivity contribution in [3.05, 3.63) is 54.4 Å². The predicted molar refractivity (Wildman–Crippen MR) is 132 cm³/mol. The molecule has 0 atom stereocenters. The molecule has 212 valence electrons. The van der Waals surface area contributed by atoms with Crippen LogP contribution in [0.15, 0.2) is 53.7 Å². The molecule has 14 heteroatoms. The lowest BCUT2D eigenvalue weighted by Crippen LogP contribution is -2.51. The second-order valence-electron chi connectivity index (χ2n) is 8.50. The number of ether oxygens (including phenoxy) is 1. The molecule has 3 N–H and O–H groups in total. The molecular formula is C25H28F3N3O7S. The largest absolute Gasteiger partial charge is 0.490 e. The van der Waals surface area contributed by atoms with Gasteiger partial charge in [0.15, 0.2) is 9.84 Å². The molecule has 2 heterocycles. The van der Waals surface area contributed by atoms with Crippen LogP contribution >= 0.6 is 0 Å². The van der Waals surface area contributed by atoms with E-state index >= 15 is 0 Å². The van der Waals surface area contributed by atoms with E-state index < -0.39 is 33.3 Å². The second kappa shape index (κ2) is 13.9. The minimum atomic E-state index is -5.08. The van der Waals surface area contributed by atoms with Crippen LogP contribution in [-0.2, 0) is 26.0 Å². The van der Waals surface area contributed by atoms with Crippen LogP contribution in [0.3, 0.4) is 0 Å². The van der Waals surface area contributed by atoms with E-state index in [-0.39, 0.29) is 23.8 Å². The van der Waals surface area contributed by atoms with Gasteiger partial charge in [-0.3, -0.25) is 15.0 Å². The monoisotopic (exact) mass is 571 g/mol. The maximum Gasteiger partial charge on any atom is 0.490 e. The van der Waals surface area contributed by atoms with Crippen molar-refractivity contribution in [2.75, 3.05) is 25.4 Å². The number of hydroxylamine groups is 2. The van der Waals surface area contributed by atoms with E-state index in [2.05, 4.69) is 22.1 Å². The van der Waals surface area contributed by atoms with Gasteiger partial charge in [-0.25, -0.2) is 18.3 Å². The number of carboxylic acid groups (broad SMARTS) is 1. The standard InChI is InChI=1S/C23H27N3O5S.C2HF3O2/c1-2-3-16-31-20-4-6-21(7-5-20)32(29,30)18-23(10-14-25-15-11-23)22(27)26(28)17-19-8-12-24-13-9-19;3-2(4,5)1(6)7/h4-9,12-13,25,28H,10-11,14-18H2,1H3;(H,6,7). The van der Waals surface area contributed by atoms with Gasteiger partial charge in [-0.1, -0.05) is 5.92 Å². The Labute approximate surface area is 223 Å². The summed E-state index contributed by atoms with van der Waals surface area (Å²) < 4.78 is 63.6. The summed E-state index contributed by atoms with van der Waals surface area (Å²) in [4.78, 5) is 26.2. The molecule has 39 heavy (non-hydrogen) atoms. The van der Waals surface area contributed by atoms with Crippen LogP contribution in [0.1, 0.15) is 25.3 Å². The second-order valence-corrected chi connectivity index (χ2v) is 10.5. The molecule has 0 saturated carbocycles. The maximum absolute atomic E-state index is 13.3. The van der Waals surface area contributed by atoms with E-state index in [4.69, 9.17) is 14.6 Å². The molecule has 1 fully saturated rings. The summed E-state index contributed by atoms with van der Waals surface area (Å²) in [5.74, 6) is 2.29. The lowest BCUT2D eigenvalue weighted by Gasteiger charge is -2.37. The van der Waals surface area contributed by atoms with Crippen LogP contribution in [0.2, 0.25) is 0 Å². The molecule has 10 nitrogen and oxygen atoms in total. The van der Waals surface area contributed by atoms with Gasteiger partial charge in [-0.05, 0) is 74.8 Å². The van der Waals surface area contributed by atoms with Gasteiger partial charge in [-0.2, -0.15) is 13.2 Å². The van der Waals surface area contributed by atoms with Crippen LogP contribution in [0, 0.1) is 17.3 Å². The molecule has 0 unspecified atom stereocenters. The highest BCUT2D eigenvalue weighted by Crippen LogP contribution is 2.35. The zero-order valence-corrected chi connectivity index (χ0v) is 21.8. The highest BCUT2D eigenvalue weighted by Gasteiger charge is 2.46. The van der Waals surface area contributed by atoms with Crippen LogP contribution in [-0.4, -0.2) is 72.3 Å². The van der Waals surface area contributed by atoms with Crippen molar-refractivity contribution < 1.29 is 46.2 Å². The minimum Gasteiger partial charge on any atom is -0.481 e. The number of carboxylic acids is 1. The number of carbonyl (C=O) groups is 2. The Morgan fingerprint density at radius 2 is 1.69 bits per heavy atom. The van der Waals surface area contributed by atoms with Gasteiger partial charge in [-0.15, -0.1) is 5.92 Å². The Kier molecular flexibility index (Phi) is 11.3. The Hall–Kier alpha value is -3.67. The quantitative estimate of drug-likeness (QED) is 0.247. The van der Waals surface area contributed by atoms with Crippen molar-refractivity contribution in [1.82, 2.24) is 15.4 Å². The topological polar surface area (TPSA) is 146 Å². The maximum atomic E-state index is 13.3. The molecule has 0 spiro atoms. The fraction of sp³-hybridized carbons (Fsp3) is 0.400. The Morgan fingerprint density at radius 3 is 2.21 bits per heavy atom. The third-order valence-electron chi connectivity index (χ3n) is 5.71. The van der Waals surface area contributed by atoms with E-state index in [1.54, 1.807) is 43.6 Å². The molecule has 1 aromatic heterocycles. The van der Waals surface area contributed by atoms with Crippen LogP contribution in [0.25, 0.3) is 0 Å². The van der Waals surface area contributed by atoms with E-state index in [0.717, 1.165) is 0 Å². The first-order chi connectivity index (χ1) is 18.3. The fourth-order valence-electron chi connectivity index (χ4n) is 3.71. The van der Waals surface area contributed by atoms with Gasteiger partial charge in [0.1, 0.15) is 12.4 Å². The highest BCUT2D eigenvalue weighted by atomic mass is 32.2. The summed E-state index contributed by atoms with van der Waals surface area (Å²) in [7, 11) is -3.79. The molecule has 1 aromatic carbocycles. The van der Waals surface area contributed by atoms with Gasteiger partial charge < -0.3 is 15.2 Å². The smallest absolute Gasteiger partial charge is 0.481 e. The zero-order valence-electron chi connectivity index (χ0n) is 20.9. The first-order valence-electron chi connectivity index (χ1n) is 11.6. The van der Waals surface area contributed by atoms with Crippen molar-refractivity contribution in [3.8, 4) is 17.6 Å². The molecule has 0 aliphatic carbocycles. The summed E-state index contributed by atoms with van der Waals surface area (Å²) in [5.41, 5.74) is -0.510. The lowest BCUT2D eigenvalue weighted by atomic mass is 9.79. The Bertz CT molecular complexity index is 1270. The zero-order chi connectivity index (χ0) is 29.1. The highest BCUT2D eigenvalue weighted by molar-refractivity contribution is 7.91. The average molecular weight is 572 g/mol.